The smallest absolute Gasteiger partial charge is 0.457 e. The first-order valence-electron chi connectivity index (χ1n) is 13.3. The maximum atomic E-state index is 12.4. The van der Waals surface area contributed by atoms with Crippen molar-refractivity contribution in [3.05, 3.63) is 59.3 Å². The van der Waals surface area contributed by atoms with Gasteiger partial charge in [0.2, 0.25) is 10.0 Å². The minimum Gasteiger partial charge on any atom is -0.457 e. The largest absolute Gasteiger partial charge is 0.490 e. The van der Waals surface area contributed by atoms with Crippen LogP contribution < -0.4 is 11.1 Å². The van der Waals surface area contributed by atoms with Gasteiger partial charge in [-0.05, 0) is 67.0 Å². The Morgan fingerprint density at radius 2 is 1.80 bits per heavy atom. The molecule has 9 nitrogen and oxygen atoms in total. The molecule has 0 radical (unpaired) electrons. The van der Waals surface area contributed by atoms with Crippen molar-refractivity contribution in [2.24, 2.45) is 5.73 Å². The van der Waals surface area contributed by atoms with Crippen molar-refractivity contribution in [1.29, 1.82) is 0 Å². The molecule has 4 N–H and O–H groups in total. The van der Waals surface area contributed by atoms with Crippen LogP contribution >= 0.6 is 0 Å². The number of nitrogens with two attached hydrogens (primary N) is 1. The van der Waals surface area contributed by atoms with E-state index in [9.17, 15) is 31.2 Å². The molecule has 1 saturated heterocycles. The fraction of sp³-hybridized carbons (Fsp3) is 0.429. The number of carbonyl (C=O) groups excluding carboxylic acids is 2. The van der Waals surface area contributed by atoms with E-state index in [0.717, 1.165) is 27.6 Å². The van der Waals surface area contributed by atoms with E-state index >= 15 is 0 Å². The number of aromatic nitrogens is 1. The summed E-state index contributed by atoms with van der Waals surface area (Å²) in [6.07, 6.45) is -1.82. The van der Waals surface area contributed by atoms with Crippen LogP contribution in [0.3, 0.4) is 0 Å². The van der Waals surface area contributed by atoms with Crippen LogP contribution in [-0.2, 0) is 26.1 Å². The quantitative estimate of drug-likeness (QED) is 0.303. The van der Waals surface area contributed by atoms with Gasteiger partial charge in [-0.1, -0.05) is 24.3 Å². The molecule has 0 aliphatic carbocycles. The number of benzene rings is 2. The highest BCUT2D eigenvalue weighted by Gasteiger charge is 2.41. The Balaban J connectivity index is 1.49. The summed E-state index contributed by atoms with van der Waals surface area (Å²) in [7, 11) is -3.24. The number of halogens is 3. The first-order valence-corrected chi connectivity index (χ1v) is 14.9. The predicted molar refractivity (Wildman–Crippen MR) is 149 cm³/mol. The van der Waals surface area contributed by atoms with Gasteiger partial charge in [-0.15, -0.1) is 0 Å². The highest BCUT2D eigenvalue weighted by Crippen LogP contribution is 2.37. The maximum absolute atomic E-state index is 12.4. The molecule has 1 fully saturated rings. The monoisotopic (exact) mass is 594 g/mol. The van der Waals surface area contributed by atoms with Crippen molar-refractivity contribution in [3.63, 3.8) is 0 Å². The molecule has 1 atom stereocenters. The zero-order valence-electron chi connectivity index (χ0n) is 22.8. The van der Waals surface area contributed by atoms with Crippen LogP contribution in [0.2, 0.25) is 0 Å². The number of carbonyl (C=O) groups is 2. The van der Waals surface area contributed by atoms with E-state index in [0.29, 0.717) is 43.6 Å². The number of sulfonamides is 1. The number of piperidine rings is 1. The molecule has 2 aromatic carbocycles. The molecule has 0 spiro atoms. The highest BCUT2D eigenvalue weighted by atomic mass is 32.2. The number of nitrogens with zero attached hydrogens (tertiary/aromatic N) is 1. The summed E-state index contributed by atoms with van der Waals surface area (Å²) in [4.78, 5) is 26.4. The third-order valence-electron chi connectivity index (χ3n) is 7.38. The Labute approximate surface area is 236 Å². The lowest BCUT2D eigenvalue weighted by Crippen LogP contribution is -2.38. The van der Waals surface area contributed by atoms with E-state index in [1.807, 2.05) is 36.5 Å². The molecule has 0 bridgehead atoms. The van der Waals surface area contributed by atoms with Gasteiger partial charge in [0.25, 0.3) is 5.91 Å². The number of fused-ring (bicyclic) bond motifs is 1. The predicted octanol–water partition coefficient (Wildman–Crippen LogP) is 4.05. The zero-order valence-corrected chi connectivity index (χ0v) is 23.6. The summed E-state index contributed by atoms with van der Waals surface area (Å²) >= 11 is 0. The summed E-state index contributed by atoms with van der Waals surface area (Å²) in [5.41, 5.74) is 10.2. The number of H-pyrrole nitrogens is 1. The van der Waals surface area contributed by atoms with Crippen molar-refractivity contribution < 1.29 is 35.9 Å². The molecular weight excluding hydrogens is 561 g/mol. The number of ether oxygens (including phenoxy) is 1. The van der Waals surface area contributed by atoms with Gasteiger partial charge in [-0.2, -0.15) is 13.2 Å². The number of nitrogens with one attached hydrogen (secondary N) is 2. The third kappa shape index (κ3) is 7.08. The lowest BCUT2D eigenvalue weighted by atomic mass is 9.88. The van der Waals surface area contributed by atoms with Crippen molar-refractivity contribution in [2.45, 2.75) is 51.4 Å². The number of alkyl halides is 3. The van der Waals surface area contributed by atoms with E-state index in [-0.39, 0.29) is 11.7 Å². The van der Waals surface area contributed by atoms with Gasteiger partial charge in [0.05, 0.1) is 16.8 Å². The molecule has 1 amide bonds. The number of hydrogen-bond acceptors (Lipinski definition) is 6. The molecule has 1 aromatic heterocycles. The SMILES string of the molecule is CCS(=O)(=O)N1CCC(c2c[nH]c3c(C(N)=O)cc(-c4ccc(CN[C@H](C)COC(=O)C(F)(F)F)cc4)cc23)CC1. The molecule has 2 heterocycles. The van der Waals surface area contributed by atoms with Crippen molar-refractivity contribution in [3.8, 4) is 11.1 Å². The number of hydrogen-bond donors (Lipinski definition) is 3. The normalized spacial score (nSPS) is 16.1. The fourth-order valence-corrected chi connectivity index (χ4v) is 6.16. The second-order valence-electron chi connectivity index (χ2n) is 10.2. The van der Waals surface area contributed by atoms with Crippen molar-refractivity contribution >= 4 is 32.8 Å². The van der Waals surface area contributed by atoms with Gasteiger partial charge in [0.15, 0.2) is 0 Å². The minimum absolute atomic E-state index is 0.0708. The van der Waals surface area contributed by atoms with Gasteiger partial charge in [0, 0.05) is 37.3 Å². The average Bonchev–Trinajstić information content (AvgIpc) is 3.38. The summed E-state index contributed by atoms with van der Waals surface area (Å²) < 4.78 is 67.3. The maximum Gasteiger partial charge on any atom is 0.490 e. The number of esters is 1. The number of aromatic amines is 1. The first kappa shape index (κ1) is 30.5. The van der Waals surface area contributed by atoms with Gasteiger partial charge < -0.3 is 20.8 Å². The van der Waals surface area contributed by atoms with Gasteiger partial charge in [-0.3, -0.25) is 4.79 Å². The van der Waals surface area contributed by atoms with Crippen molar-refractivity contribution in [2.75, 3.05) is 25.4 Å². The van der Waals surface area contributed by atoms with E-state index in [2.05, 4.69) is 15.0 Å². The van der Waals surface area contributed by atoms with Gasteiger partial charge in [0.1, 0.15) is 6.61 Å². The van der Waals surface area contributed by atoms with Crippen LogP contribution in [0.15, 0.2) is 42.6 Å². The van der Waals surface area contributed by atoms with E-state index in [1.54, 1.807) is 19.9 Å². The number of primary amides is 1. The molecule has 41 heavy (non-hydrogen) atoms. The van der Waals surface area contributed by atoms with E-state index in [1.165, 1.54) is 4.31 Å². The van der Waals surface area contributed by atoms with Crippen molar-refractivity contribution in [1.82, 2.24) is 14.6 Å². The van der Waals surface area contributed by atoms with Gasteiger partial charge >= 0.3 is 12.1 Å². The molecule has 13 heteroatoms. The zero-order chi connectivity index (χ0) is 29.9. The molecule has 222 valence electrons. The molecule has 1 aliphatic heterocycles. The summed E-state index contributed by atoms with van der Waals surface area (Å²) in [5, 5.41) is 3.88. The first-order chi connectivity index (χ1) is 19.3. The van der Waals surface area contributed by atoms with E-state index < -0.39 is 40.7 Å². The van der Waals surface area contributed by atoms with Crippen LogP contribution in [0.1, 0.15) is 54.1 Å². The molecule has 3 aromatic rings. The Morgan fingerprint density at radius 3 is 2.39 bits per heavy atom. The molecule has 0 unspecified atom stereocenters. The second-order valence-corrected chi connectivity index (χ2v) is 12.5. The lowest BCUT2D eigenvalue weighted by Gasteiger charge is -2.31. The molecule has 1 aliphatic rings. The third-order valence-corrected chi connectivity index (χ3v) is 9.26. The van der Waals surface area contributed by atoms with Crippen LogP contribution in [-0.4, -0.2) is 67.3 Å². The molecule has 4 rings (SSSR count). The minimum atomic E-state index is -5.02. The van der Waals surface area contributed by atoms with E-state index in [4.69, 9.17) is 5.73 Å². The summed E-state index contributed by atoms with van der Waals surface area (Å²) in [6.45, 7) is 4.05. The Hall–Kier alpha value is -3.42. The standard InChI is InChI=1S/C28H33F3N4O5S/c1-3-41(38,39)35-10-8-20(9-11-35)24-15-34-25-22(24)12-21(13-23(25)26(32)36)19-6-4-18(5-7-19)14-33-17(2)16-40-27(37)28(29,30)31/h4-7,12-13,15,17,20,33-34H,3,8-11,14,16H2,1-2H3,(H2,32,36)/t17-/m1/s1. The number of amides is 1. The Bertz CT molecular complexity index is 1510. The topological polar surface area (TPSA) is 135 Å². The second kappa shape index (κ2) is 12.2. The van der Waals surface area contributed by atoms with Crippen LogP contribution in [0, 0.1) is 0 Å². The fourth-order valence-electron chi connectivity index (χ4n) is 5.03. The molecular formula is C28H33F3N4O5S. The summed E-state index contributed by atoms with van der Waals surface area (Å²) in [5.74, 6) is -2.60. The summed E-state index contributed by atoms with van der Waals surface area (Å²) in [6, 6.07) is 10.7. The van der Waals surface area contributed by atoms with Crippen LogP contribution in [0.25, 0.3) is 22.0 Å². The molecule has 0 saturated carbocycles. The Kier molecular flexibility index (Phi) is 9.10. The van der Waals surface area contributed by atoms with Crippen LogP contribution in [0.4, 0.5) is 13.2 Å². The lowest BCUT2D eigenvalue weighted by molar-refractivity contribution is -0.200. The highest BCUT2D eigenvalue weighted by molar-refractivity contribution is 7.89. The Morgan fingerprint density at radius 1 is 1.15 bits per heavy atom. The van der Waals surface area contributed by atoms with Crippen LogP contribution in [0.5, 0.6) is 0 Å². The average molecular weight is 595 g/mol. The number of rotatable bonds is 10. The van der Waals surface area contributed by atoms with Gasteiger partial charge in [-0.25, -0.2) is 17.5 Å².